The molecule has 0 bridgehead atoms. The molecule has 1 atom stereocenters. The number of amides is 1. The van der Waals surface area contributed by atoms with Crippen molar-refractivity contribution in [2.75, 3.05) is 24.6 Å². The van der Waals surface area contributed by atoms with Gasteiger partial charge in [0.05, 0.1) is 6.61 Å². The minimum atomic E-state index is -0.242. The molecule has 0 spiro atoms. The first-order chi connectivity index (χ1) is 8.72. The third kappa shape index (κ3) is 2.82. The van der Waals surface area contributed by atoms with Crippen molar-refractivity contribution in [3.63, 3.8) is 0 Å². The van der Waals surface area contributed by atoms with Crippen LogP contribution in [0.3, 0.4) is 0 Å². The standard InChI is InChI=1S/C14H20N2O2/c1-3-15-11(2)12-5-7-13(8-6-12)16-9-4-10-18-14(16)17/h5-8,11,15H,3-4,9-10H2,1-2H3. The highest BCUT2D eigenvalue weighted by Crippen LogP contribution is 2.21. The first-order valence-electron chi connectivity index (χ1n) is 6.50. The zero-order valence-electron chi connectivity index (χ0n) is 11.0. The van der Waals surface area contributed by atoms with E-state index in [1.54, 1.807) is 4.90 Å². The molecule has 1 aliphatic heterocycles. The summed E-state index contributed by atoms with van der Waals surface area (Å²) in [6.45, 7) is 6.44. The zero-order chi connectivity index (χ0) is 13.0. The Kier molecular flexibility index (Phi) is 4.20. The highest BCUT2D eigenvalue weighted by atomic mass is 16.6. The third-order valence-electron chi connectivity index (χ3n) is 3.19. The molecule has 1 fully saturated rings. The Labute approximate surface area is 108 Å². The summed E-state index contributed by atoms with van der Waals surface area (Å²) in [7, 11) is 0. The van der Waals surface area contributed by atoms with Crippen LogP contribution in [0, 0.1) is 0 Å². The molecular weight excluding hydrogens is 228 g/mol. The molecule has 1 N–H and O–H groups in total. The van der Waals surface area contributed by atoms with Crippen molar-refractivity contribution in [2.45, 2.75) is 26.3 Å². The number of cyclic esters (lactones) is 1. The van der Waals surface area contributed by atoms with Crippen molar-refractivity contribution >= 4 is 11.8 Å². The molecule has 1 aliphatic rings. The van der Waals surface area contributed by atoms with Gasteiger partial charge in [0.25, 0.3) is 0 Å². The molecule has 18 heavy (non-hydrogen) atoms. The van der Waals surface area contributed by atoms with Gasteiger partial charge in [0.15, 0.2) is 0 Å². The monoisotopic (exact) mass is 248 g/mol. The molecule has 4 nitrogen and oxygen atoms in total. The number of hydrogen-bond donors (Lipinski definition) is 1. The highest BCUT2D eigenvalue weighted by Gasteiger charge is 2.21. The Morgan fingerprint density at radius 3 is 2.72 bits per heavy atom. The summed E-state index contributed by atoms with van der Waals surface area (Å²) in [6, 6.07) is 8.41. The number of rotatable bonds is 4. The molecule has 2 rings (SSSR count). The van der Waals surface area contributed by atoms with Crippen LogP contribution in [0.15, 0.2) is 24.3 Å². The van der Waals surface area contributed by atoms with Crippen LogP contribution >= 0.6 is 0 Å². The van der Waals surface area contributed by atoms with E-state index in [1.807, 2.05) is 12.1 Å². The highest BCUT2D eigenvalue weighted by molar-refractivity contribution is 5.88. The van der Waals surface area contributed by atoms with E-state index < -0.39 is 0 Å². The summed E-state index contributed by atoms with van der Waals surface area (Å²) in [5.41, 5.74) is 2.14. The van der Waals surface area contributed by atoms with Crippen LogP contribution in [0.5, 0.6) is 0 Å². The van der Waals surface area contributed by atoms with Gasteiger partial charge in [-0.15, -0.1) is 0 Å². The number of hydrogen-bond acceptors (Lipinski definition) is 3. The van der Waals surface area contributed by atoms with Gasteiger partial charge in [0.1, 0.15) is 0 Å². The minimum Gasteiger partial charge on any atom is -0.449 e. The van der Waals surface area contributed by atoms with E-state index >= 15 is 0 Å². The Morgan fingerprint density at radius 2 is 2.11 bits per heavy atom. The fourth-order valence-electron chi connectivity index (χ4n) is 2.15. The predicted octanol–water partition coefficient (Wildman–Crippen LogP) is 2.70. The number of ether oxygens (including phenoxy) is 1. The second kappa shape index (κ2) is 5.87. The molecule has 98 valence electrons. The van der Waals surface area contributed by atoms with Crippen LogP contribution in [-0.2, 0) is 4.74 Å². The lowest BCUT2D eigenvalue weighted by atomic mass is 10.1. The van der Waals surface area contributed by atoms with Crippen molar-refractivity contribution in [1.82, 2.24) is 5.32 Å². The summed E-state index contributed by atoms with van der Waals surface area (Å²) in [5.74, 6) is 0. The number of nitrogens with one attached hydrogen (secondary N) is 1. The van der Waals surface area contributed by atoms with E-state index in [0.29, 0.717) is 12.6 Å². The van der Waals surface area contributed by atoms with Crippen molar-refractivity contribution in [3.05, 3.63) is 29.8 Å². The maximum Gasteiger partial charge on any atom is 0.414 e. The van der Waals surface area contributed by atoms with Gasteiger partial charge in [-0.1, -0.05) is 19.1 Å². The summed E-state index contributed by atoms with van der Waals surface area (Å²) in [6.07, 6.45) is 0.648. The number of nitrogens with zero attached hydrogens (tertiary/aromatic N) is 1. The zero-order valence-corrected chi connectivity index (χ0v) is 11.0. The Balaban J connectivity index is 2.09. The molecule has 4 heteroatoms. The van der Waals surface area contributed by atoms with E-state index in [1.165, 1.54) is 5.56 Å². The molecule has 0 radical (unpaired) electrons. The van der Waals surface area contributed by atoms with E-state index in [-0.39, 0.29) is 6.09 Å². The van der Waals surface area contributed by atoms with Crippen LogP contribution < -0.4 is 10.2 Å². The Hall–Kier alpha value is -1.55. The topological polar surface area (TPSA) is 41.6 Å². The van der Waals surface area contributed by atoms with Crippen molar-refractivity contribution in [1.29, 1.82) is 0 Å². The van der Waals surface area contributed by atoms with Gasteiger partial charge < -0.3 is 10.1 Å². The normalized spacial score (nSPS) is 17.4. The first-order valence-corrected chi connectivity index (χ1v) is 6.50. The fourth-order valence-corrected chi connectivity index (χ4v) is 2.15. The van der Waals surface area contributed by atoms with E-state index in [0.717, 1.165) is 25.2 Å². The van der Waals surface area contributed by atoms with Crippen molar-refractivity contribution in [2.24, 2.45) is 0 Å². The molecule has 1 heterocycles. The minimum absolute atomic E-state index is 0.242. The predicted molar refractivity (Wildman–Crippen MR) is 71.8 cm³/mol. The van der Waals surface area contributed by atoms with Gasteiger partial charge in [-0.2, -0.15) is 0 Å². The van der Waals surface area contributed by atoms with Gasteiger partial charge in [0.2, 0.25) is 0 Å². The molecule has 1 aromatic carbocycles. The molecule has 1 amide bonds. The lowest BCUT2D eigenvalue weighted by Gasteiger charge is -2.26. The number of benzene rings is 1. The van der Waals surface area contributed by atoms with Gasteiger partial charge in [-0.05, 0) is 37.6 Å². The quantitative estimate of drug-likeness (QED) is 0.890. The summed E-state index contributed by atoms with van der Waals surface area (Å²) in [5, 5.41) is 3.36. The molecule has 1 unspecified atom stereocenters. The number of anilines is 1. The molecular formula is C14H20N2O2. The van der Waals surface area contributed by atoms with Crippen molar-refractivity contribution in [3.8, 4) is 0 Å². The van der Waals surface area contributed by atoms with E-state index in [2.05, 4.69) is 31.3 Å². The number of carbonyl (C=O) groups is 1. The first kappa shape index (κ1) is 12.9. The second-order valence-electron chi connectivity index (χ2n) is 4.49. The van der Waals surface area contributed by atoms with Crippen LogP contribution in [0.2, 0.25) is 0 Å². The molecule has 1 saturated heterocycles. The van der Waals surface area contributed by atoms with Gasteiger partial charge in [-0.25, -0.2) is 4.79 Å². The molecule has 1 aromatic rings. The average Bonchev–Trinajstić information content (AvgIpc) is 2.40. The van der Waals surface area contributed by atoms with Gasteiger partial charge in [-0.3, -0.25) is 4.90 Å². The van der Waals surface area contributed by atoms with Crippen LogP contribution in [-0.4, -0.2) is 25.8 Å². The van der Waals surface area contributed by atoms with Crippen LogP contribution in [0.1, 0.15) is 31.9 Å². The van der Waals surface area contributed by atoms with E-state index in [4.69, 9.17) is 4.74 Å². The molecule has 0 saturated carbocycles. The number of carbonyl (C=O) groups excluding carboxylic acids is 1. The SMILES string of the molecule is CCNC(C)c1ccc(N2CCCOC2=O)cc1. The largest absolute Gasteiger partial charge is 0.449 e. The maximum absolute atomic E-state index is 11.6. The summed E-state index contributed by atoms with van der Waals surface area (Å²) >= 11 is 0. The maximum atomic E-state index is 11.6. The smallest absolute Gasteiger partial charge is 0.414 e. The average molecular weight is 248 g/mol. The van der Waals surface area contributed by atoms with Gasteiger partial charge >= 0.3 is 6.09 Å². The molecule has 0 aliphatic carbocycles. The summed E-state index contributed by atoms with van der Waals surface area (Å²) < 4.78 is 5.04. The van der Waals surface area contributed by atoms with Crippen LogP contribution in [0.4, 0.5) is 10.5 Å². The summed E-state index contributed by atoms with van der Waals surface area (Å²) in [4.78, 5) is 13.3. The Morgan fingerprint density at radius 1 is 1.39 bits per heavy atom. The van der Waals surface area contributed by atoms with E-state index in [9.17, 15) is 4.79 Å². The van der Waals surface area contributed by atoms with Gasteiger partial charge in [0, 0.05) is 18.3 Å². The lowest BCUT2D eigenvalue weighted by molar-refractivity contribution is 0.140. The molecule has 0 aromatic heterocycles. The second-order valence-corrected chi connectivity index (χ2v) is 4.49. The fraction of sp³-hybridized carbons (Fsp3) is 0.500. The van der Waals surface area contributed by atoms with Crippen LogP contribution in [0.25, 0.3) is 0 Å². The lowest BCUT2D eigenvalue weighted by Crippen LogP contribution is -2.37. The Bertz CT molecular complexity index is 403. The third-order valence-corrected chi connectivity index (χ3v) is 3.19. The van der Waals surface area contributed by atoms with Crippen molar-refractivity contribution < 1.29 is 9.53 Å².